The molecule has 2 aromatic heterocycles. The summed E-state index contributed by atoms with van der Waals surface area (Å²) in [5.41, 5.74) is 4.71. The lowest BCUT2D eigenvalue weighted by molar-refractivity contribution is 0.774. The molecular weight excluding hydrogens is 328 g/mol. The highest BCUT2D eigenvalue weighted by Crippen LogP contribution is 2.30. The van der Waals surface area contributed by atoms with E-state index in [1.807, 2.05) is 12.4 Å². The number of rotatable bonds is 5. The van der Waals surface area contributed by atoms with Crippen molar-refractivity contribution in [3.63, 3.8) is 0 Å². The Kier molecular flexibility index (Phi) is 4.24. The van der Waals surface area contributed by atoms with Crippen molar-refractivity contribution in [2.24, 2.45) is 0 Å². The first kappa shape index (κ1) is 15.8. The van der Waals surface area contributed by atoms with Crippen molar-refractivity contribution in [1.29, 1.82) is 0 Å². The fourth-order valence-corrected chi connectivity index (χ4v) is 3.68. The van der Waals surface area contributed by atoms with Gasteiger partial charge in [-0.2, -0.15) is 0 Å². The zero-order valence-electron chi connectivity index (χ0n) is 14.1. The standard InChI is InChI=1S/C20H20N4S/c1-2-24-18-7-6-15-16(19(18)23-20(24)25)4-3-5-17(15)22-13-10-14-8-11-21-12-9-14/h3-9,11-12,22H,2,10,13H2,1H3,(H,23,25). The van der Waals surface area contributed by atoms with Gasteiger partial charge in [-0.15, -0.1) is 0 Å². The molecule has 4 rings (SSSR count). The smallest absolute Gasteiger partial charge is 0.178 e. The number of nitrogens with one attached hydrogen (secondary N) is 2. The first-order valence-corrected chi connectivity index (χ1v) is 8.96. The van der Waals surface area contributed by atoms with Gasteiger partial charge < -0.3 is 14.9 Å². The predicted molar refractivity (Wildman–Crippen MR) is 107 cm³/mol. The highest BCUT2D eigenvalue weighted by Gasteiger charge is 2.09. The lowest BCUT2D eigenvalue weighted by Gasteiger charge is -2.11. The van der Waals surface area contributed by atoms with Crippen molar-refractivity contribution < 1.29 is 0 Å². The average molecular weight is 348 g/mol. The molecule has 2 heterocycles. The van der Waals surface area contributed by atoms with Crippen LogP contribution in [0.3, 0.4) is 0 Å². The van der Waals surface area contributed by atoms with Gasteiger partial charge in [-0.1, -0.05) is 18.2 Å². The molecule has 0 bridgehead atoms. The van der Waals surface area contributed by atoms with Crippen LogP contribution in [0.15, 0.2) is 54.9 Å². The zero-order valence-corrected chi connectivity index (χ0v) is 14.9. The van der Waals surface area contributed by atoms with E-state index in [1.54, 1.807) is 0 Å². The van der Waals surface area contributed by atoms with Crippen molar-refractivity contribution in [3.8, 4) is 0 Å². The summed E-state index contributed by atoms with van der Waals surface area (Å²) in [7, 11) is 0. The molecular formula is C20H20N4S. The van der Waals surface area contributed by atoms with Crippen LogP contribution < -0.4 is 5.32 Å². The highest BCUT2D eigenvalue weighted by atomic mass is 32.1. The summed E-state index contributed by atoms with van der Waals surface area (Å²) in [6.45, 7) is 3.87. The van der Waals surface area contributed by atoms with Gasteiger partial charge in [-0.05, 0) is 55.4 Å². The number of hydrogen-bond donors (Lipinski definition) is 2. The summed E-state index contributed by atoms with van der Waals surface area (Å²) < 4.78 is 2.91. The Hall–Kier alpha value is -2.66. The topological polar surface area (TPSA) is 45.6 Å². The van der Waals surface area contributed by atoms with Gasteiger partial charge in [-0.25, -0.2) is 0 Å². The number of pyridine rings is 1. The van der Waals surface area contributed by atoms with Crippen molar-refractivity contribution in [1.82, 2.24) is 14.5 Å². The molecule has 0 aliphatic rings. The molecule has 0 fully saturated rings. The van der Waals surface area contributed by atoms with Gasteiger partial charge in [-0.3, -0.25) is 4.98 Å². The van der Waals surface area contributed by atoms with E-state index in [4.69, 9.17) is 12.2 Å². The number of aromatic amines is 1. The number of anilines is 1. The van der Waals surface area contributed by atoms with Crippen LogP contribution in [0, 0.1) is 4.77 Å². The van der Waals surface area contributed by atoms with Gasteiger partial charge in [0.15, 0.2) is 4.77 Å². The molecule has 0 atom stereocenters. The van der Waals surface area contributed by atoms with Gasteiger partial charge in [0.25, 0.3) is 0 Å². The van der Waals surface area contributed by atoms with E-state index < -0.39 is 0 Å². The first-order chi connectivity index (χ1) is 12.3. The molecule has 2 N–H and O–H groups in total. The van der Waals surface area contributed by atoms with Gasteiger partial charge in [0.05, 0.1) is 11.0 Å². The van der Waals surface area contributed by atoms with Crippen molar-refractivity contribution in [2.45, 2.75) is 19.9 Å². The largest absolute Gasteiger partial charge is 0.384 e. The number of imidazole rings is 1. The van der Waals surface area contributed by atoms with E-state index in [1.165, 1.54) is 16.3 Å². The van der Waals surface area contributed by atoms with Gasteiger partial charge in [0.2, 0.25) is 0 Å². The summed E-state index contributed by atoms with van der Waals surface area (Å²) in [6.07, 6.45) is 4.64. The van der Waals surface area contributed by atoms with Gasteiger partial charge in [0.1, 0.15) is 0 Å². The Balaban J connectivity index is 1.68. The molecule has 0 spiro atoms. The molecule has 0 saturated carbocycles. The molecule has 0 aliphatic heterocycles. The number of hydrogen-bond acceptors (Lipinski definition) is 3. The predicted octanol–water partition coefficient (Wildman–Crippen LogP) is 4.92. The second kappa shape index (κ2) is 6.69. The molecule has 0 unspecified atom stereocenters. The Morgan fingerprint density at radius 2 is 1.92 bits per heavy atom. The molecule has 0 aliphatic carbocycles. The molecule has 5 heteroatoms. The molecule has 2 aromatic carbocycles. The van der Waals surface area contributed by atoms with E-state index >= 15 is 0 Å². The van der Waals surface area contributed by atoms with Crippen LogP contribution in [0.4, 0.5) is 5.69 Å². The van der Waals surface area contributed by atoms with Crippen LogP contribution in [0.1, 0.15) is 12.5 Å². The number of H-pyrrole nitrogens is 1. The van der Waals surface area contributed by atoms with Crippen molar-refractivity contribution >= 4 is 39.7 Å². The van der Waals surface area contributed by atoms with E-state index in [2.05, 4.69) is 69.2 Å². The SMILES string of the molecule is CCn1c(=S)[nH]c2c3cccc(NCCc4ccncc4)c3ccc21. The van der Waals surface area contributed by atoms with Crippen LogP contribution in [0.5, 0.6) is 0 Å². The Labute approximate surface area is 151 Å². The maximum absolute atomic E-state index is 5.46. The molecule has 0 radical (unpaired) electrons. The second-order valence-corrected chi connectivity index (χ2v) is 6.45. The van der Waals surface area contributed by atoms with Crippen LogP contribution >= 0.6 is 12.2 Å². The maximum atomic E-state index is 5.46. The third-order valence-corrected chi connectivity index (χ3v) is 4.92. The minimum atomic E-state index is 0.779. The summed E-state index contributed by atoms with van der Waals surface area (Å²) in [5, 5.41) is 5.98. The molecule has 4 nitrogen and oxygen atoms in total. The maximum Gasteiger partial charge on any atom is 0.178 e. The van der Waals surface area contributed by atoms with E-state index in [0.29, 0.717) is 0 Å². The Morgan fingerprint density at radius 1 is 1.08 bits per heavy atom. The Morgan fingerprint density at radius 3 is 2.72 bits per heavy atom. The summed E-state index contributed by atoms with van der Waals surface area (Å²) in [6, 6.07) is 14.8. The first-order valence-electron chi connectivity index (χ1n) is 8.55. The van der Waals surface area contributed by atoms with Crippen LogP contribution in [0.25, 0.3) is 21.8 Å². The van der Waals surface area contributed by atoms with Crippen molar-refractivity contribution in [2.75, 3.05) is 11.9 Å². The lowest BCUT2D eigenvalue weighted by Crippen LogP contribution is -2.05. The fourth-order valence-electron chi connectivity index (χ4n) is 3.35. The zero-order chi connectivity index (χ0) is 17.2. The van der Waals surface area contributed by atoms with E-state index in [9.17, 15) is 0 Å². The van der Waals surface area contributed by atoms with Crippen LogP contribution in [-0.2, 0) is 13.0 Å². The second-order valence-electron chi connectivity index (χ2n) is 6.07. The van der Waals surface area contributed by atoms with E-state index in [0.717, 1.165) is 41.0 Å². The molecule has 4 aromatic rings. The number of fused-ring (bicyclic) bond motifs is 3. The number of benzene rings is 2. The van der Waals surface area contributed by atoms with E-state index in [-0.39, 0.29) is 0 Å². The number of nitrogens with zero attached hydrogens (tertiary/aromatic N) is 2. The molecule has 126 valence electrons. The summed E-state index contributed by atoms with van der Waals surface area (Å²) in [5.74, 6) is 0. The normalized spacial score (nSPS) is 11.2. The quantitative estimate of drug-likeness (QED) is 0.503. The molecule has 0 saturated heterocycles. The molecule has 25 heavy (non-hydrogen) atoms. The monoisotopic (exact) mass is 348 g/mol. The third kappa shape index (κ3) is 2.91. The third-order valence-electron chi connectivity index (χ3n) is 4.60. The minimum absolute atomic E-state index is 0.779. The Bertz CT molecular complexity index is 1080. The molecule has 0 amide bonds. The van der Waals surface area contributed by atoms with Crippen LogP contribution in [-0.4, -0.2) is 21.1 Å². The lowest BCUT2D eigenvalue weighted by atomic mass is 10.1. The van der Waals surface area contributed by atoms with Gasteiger partial charge >= 0.3 is 0 Å². The van der Waals surface area contributed by atoms with Crippen molar-refractivity contribution in [3.05, 3.63) is 65.2 Å². The summed E-state index contributed by atoms with van der Waals surface area (Å²) in [4.78, 5) is 7.44. The highest BCUT2D eigenvalue weighted by molar-refractivity contribution is 7.71. The minimum Gasteiger partial charge on any atom is -0.384 e. The fraction of sp³-hybridized carbons (Fsp3) is 0.200. The average Bonchev–Trinajstić information content (AvgIpc) is 2.98. The van der Waals surface area contributed by atoms with Gasteiger partial charge in [0, 0.05) is 41.9 Å². The van der Waals surface area contributed by atoms with Crippen LogP contribution in [0.2, 0.25) is 0 Å². The number of aromatic nitrogens is 3. The number of aryl methyl sites for hydroxylation is 1. The summed E-state index contributed by atoms with van der Waals surface area (Å²) >= 11 is 5.46.